The summed E-state index contributed by atoms with van der Waals surface area (Å²) in [5.74, 6) is 2.48. The molecule has 1 heterocycles. The van der Waals surface area contributed by atoms with Crippen molar-refractivity contribution in [3.8, 4) is 0 Å². The first-order chi connectivity index (χ1) is 7.58. The smallest absolute Gasteiger partial charge is 0.138 e. The minimum Gasteiger partial charge on any atom is -0.299 e. The normalized spacial score (nSPS) is 42.3. The van der Waals surface area contributed by atoms with Gasteiger partial charge in [0.1, 0.15) is 5.78 Å². The average Bonchev–Trinajstić information content (AvgIpc) is 2.26. The Morgan fingerprint density at radius 1 is 1.12 bits per heavy atom. The summed E-state index contributed by atoms with van der Waals surface area (Å²) in [6.45, 7) is 8.86. The molecule has 0 N–H and O–H groups in total. The molecule has 2 nitrogen and oxygen atoms in total. The molecule has 4 unspecified atom stereocenters. The highest BCUT2D eigenvalue weighted by Gasteiger charge is 2.32. The van der Waals surface area contributed by atoms with Crippen LogP contribution in [0.4, 0.5) is 0 Å². The van der Waals surface area contributed by atoms with E-state index in [1.807, 2.05) is 0 Å². The lowest BCUT2D eigenvalue weighted by molar-refractivity contribution is -0.126. The summed E-state index contributed by atoms with van der Waals surface area (Å²) < 4.78 is 0. The lowest BCUT2D eigenvalue weighted by Crippen LogP contribution is -2.47. The van der Waals surface area contributed by atoms with Gasteiger partial charge in [-0.25, -0.2) is 0 Å². The molecule has 0 aromatic carbocycles. The van der Waals surface area contributed by atoms with Gasteiger partial charge in [0.05, 0.1) is 0 Å². The molecule has 2 aliphatic rings. The first-order valence-corrected chi connectivity index (χ1v) is 6.84. The second kappa shape index (κ2) is 4.87. The Hall–Kier alpha value is -0.370. The lowest BCUT2D eigenvalue weighted by Gasteiger charge is -2.42. The van der Waals surface area contributed by atoms with Gasteiger partial charge in [-0.1, -0.05) is 20.8 Å². The Morgan fingerprint density at radius 3 is 2.50 bits per heavy atom. The zero-order valence-corrected chi connectivity index (χ0v) is 10.9. The third-order valence-corrected chi connectivity index (χ3v) is 4.79. The molecule has 1 aliphatic carbocycles. The number of carbonyl (C=O) groups is 1. The van der Waals surface area contributed by atoms with Crippen LogP contribution in [0.1, 0.15) is 46.5 Å². The van der Waals surface area contributed by atoms with Crippen molar-refractivity contribution in [3.63, 3.8) is 0 Å². The molecule has 0 bridgehead atoms. The van der Waals surface area contributed by atoms with Crippen LogP contribution in [0, 0.1) is 17.8 Å². The average molecular weight is 223 g/mol. The molecule has 2 fully saturated rings. The van der Waals surface area contributed by atoms with Crippen molar-refractivity contribution >= 4 is 5.78 Å². The topological polar surface area (TPSA) is 20.3 Å². The summed E-state index contributed by atoms with van der Waals surface area (Å²) in [4.78, 5) is 14.1. The summed E-state index contributed by atoms with van der Waals surface area (Å²) >= 11 is 0. The molecule has 1 saturated carbocycles. The zero-order chi connectivity index (χ0) is 11.7. The van der Waals surface area contributed by atoms with Crippen LogP contribution in [0.3, 0.4) is 0 Å². The molecule has 0 spiro atoms. The molecule has 4 atom stereocenters. The van der Waals surface area contributed by atoms with Crippen molar-refractivity contribution < 1.29 is 4.79 Å². The summed E-state index contributed by atoms with van der Waals surface area (Å²) in [6, 6.07) is 0.752. The van der Waals surface area contributed by atoms with Crippen LogP contribution in [-0.2, 0) is 4.79 Å². The molecule has 1 aliphatic heterocycles. The van der Waals surface area contributed by atoms with Crippen LogP contribution < -0.4 is 0 Å². The fourth-order valence-electron chi connectivity index (χ4n) is 3.23. The molecule has 92 valence electrons. The van der Waals surface area contributed by atoms with Crippen molar-refractivity contribution in [2.24, 2.45) is 17.8 Å². The van der Waals surface area contributed by atoms with E-state index < -0.39 is 0 Å². The van der Waals surface area contributed by atoms with Gasteiger partial charge in [-0.05, 0) is 31.1 Å². The molecule has 0 amide bonds. The summed E-state index contributed by atoms with van der Waals surface area (Å²) in [7, 11) is 0. The van der Waals surface area contributed by atoms with Gasteiger partial charge in [0.25, 0.3) is 0 Å². The van der Waals surface area contributed by atoms with Crippen LogP contribution in [0.15, 0.2) is 0 Å². The molecular weight excluding hydrogens is 198 g/mol. The standard InChI is InChI=1S/C14H25NO/c1-10-4-5-13(8-11(10)2)15-7-6-14(16)12(3)9-15/h10-13H,4-9H2,1-3H3. The van der Waals surface area contributed by atoms with Gasteiger partial charge in [-0.15, -0.1) is 0 Å². The van der Waals surface area contributed by atoms with Crippen molar-refractivity contribution in [1.82, 2.24) is 4.90 Å². The molecule has 2 rings (SSSR count). The Balaban J connectivity index is 1.91. The first-order valence-electron chi connectivity index (χ1n) is 6.84. The summed E-state index contributed by atoms with van der Waals surface area (Å²) in [6.07, 6.45) is 4.82. The van der Waals surface area contributed by atoms with E-state index in [1.165, 1.54) is 19.3 Å². The van der Waals surface area contributed by atoms with E-state index >= 15 is 0 Å². The van der Waals surface area contributed by atoms with E-state index in [9.17, 15) is 4.79 Å². The van der Waals surface area contributed by atoms with E-state index in [2.05, 4.69) is 25.7 Å². The van der Waals surface area contributed by atoms with E-state index in [1.54, 1.807) is 0 Å². The number of carbonyl (C=O) groups excluding carboxylic acids is 1. The molecule has 16 heavy (non-hydrogen) atoms. The van der Waals surface area contributed by atoms with Gasteiger partial charge in [0, 0.05) is 31.5 Å². The number of rotatable bonds is 1. The van der Waals surface area contributed by atoms with Crippen LogP contribution in [0.2, 0.25) is 0 Å². The Kier molecular flexibility index (Phi) is 3.68. The fourth-order valence-corrected chi connectivity index (χ4v) is 3.23. The summed E-state index contributed by atoms with van der Waals surface area (Å²) in [5, 5.41) is 0. The minimum absolute atomic E-state index is 0.267. The monoisotopic (exact) mass is 223 g/mol. The van der Waals surface area contributed by atoms with Gasteiger partial charge >= 0.3 is 0 Å². The molecule has 0 aromatic heterocycles. The highest BCUT2D eigenvalue weighted by molar-refractivity contribution is 5.81. The highest BCUT2D eigenvalue weighted by atomic mass is 16.1. The van der Waals surface area contributed by atoms with Gasteiger partial charge in [-0.3, -0.25) is 9.69 Å². The van der Waals surface area contributed by atoms with E-state index in [-0.39, 0.29) is 5.92 Å². The number of hydrogen-bond acceptors (Lipinski definition) is 2. The number of likely N-dealkylation sites (tertiary alicyclic amines) is 1. The van der Waals surface area contributed by atoms with Gasteiger partial charge in [0.15, 0.2) is 0 Å². The quantitative estimate of drug-likeness (QED) is 0.681. The number of Topliss-reactive ketones (excluding diaryl/α,β-unsaturated/α-hetero) is 1. The van der Waals surface area contributed by atoms with Crippen molar-refractivity contribution in [3.05, 3.63) is 0 Å². The third kappa shape index (κ3) is 2.48. The Labute approximate surface area is 99.4 Å². The van der Waals surface area contributed by atoms with Gasteiger partial charge in [-0.2, -0.15) is 0 Å². The number of hydrogen-bond donors (Lipinski definition) is 0. The number of nitrogens with zero attached hydrogens (tertiary/aromatic N) is 1. The maximum Gasteiger partial charge on any atom is 0.138 e. The van der Waals surface area contributed by atoms with Crippen LogP contribution in [0.25, 0.3) is 0 Å². The van der Waals surface area contributed by atoms with Crippen LogP contribution in [-0.4, -0.2) is 29.8 Å². The van der Waals surface area contributed by atoms with Crippen LogP contribution >= 0.6 is 0 Å². The molecule has 0 radical (unpaired) electrons. The second-order valence-electron chi connectivity index (χ2n) is 6.03. The van der Waals surface area contributed by atoms with Crippen molar-refractivity contribution in [2.75, 3.05) is 13.1 Å². The van der Waals surface area contributed by atoms with E-state index in [4.69, 9.17) is 0 Å². The van der Waals surface area contributed by atoms with Gasteiger partial charge < -0.3 is 0 Å². The SMILES string of the molecule is CC1CN(C2CCC(C)C(C)C2)CCC1=O. The zero-order valence-electron chi connectivity index (χ0n) is 10.9. The fraction of sp³-hybridized carbons (Fsp3) is 0.929. The lowest BCUT2D eigenvalue weighted by atomic mass is 9.78. The molecular formula is C14H25NO. The van der Waals surface area contributed by atoms with E-state index in [0.29, 0.717) is 5.78 Å². The van der Waals surface area contributed by atoms with Crippen LogP contribution in [0.5, 0.6) is 0 Å². The molecule has 1 saturated heterocycles. The minimum atomic E-state index is 0.267. The van der Waals surface area contributed by atoms with Crippen molar-refractivity contribution in [2.45, 2.75) is 52.5 Å². The van der Waals surface area contributed by atoms with E-state index in [0.717, 1.165) is 37.4 Å². The number of piperidine rings is 1. The largest absolute Gasteiger partial charge is 0.299 e. The van der Waals surface area contributed by atoms with Gasteiger partial charge in [0.2, 0.25) is 0 Å². The first kappa shape index (κ1) is 12.1. The van der Waals surface area contributed by atoms with Crippen molar-refractivity contribution in [1.29, 1.82) is 0 Å². The molecule has 2 heteroatoms. The Bertz CT molecular complexity index is 263. The maximum atomic E-state index is 11.5. The number of ketones is 1. The molecule has 0 aromatic rings. The Morgan fingerprint density at radius 2 is 1.88 bits per heavy atom. The predicted molar refractivity (Wildman–Crippen MR) is 66.3 cm³/mol. The highest BCUT2D eigenvalue weighted by Crippen LogP contribution is 2.33. The summed E-state index contributed by atoms with van der Waals surface area (Å²) in [5.41, 5.74) is 0. The predicted octanol–water partition coefficient (Wildman–Crippen LogP) is 2.72. The maximum absolute atomic E-state index is 11.5. The second-order valence-corrected chi connectivity index (χ2v) is 6.03. The third-order valence-electron chi connectivity index (χ3n) is 4.79.